The molecule has 1 aromatic heterocycles. The maximum Gasteiger partial charge on any atom is 0.126 e. The number of nitrogens with one attached hydrogen (secondary N) is 1. The molecule has 3 N–H and O–H groups in total. The molecule has 1 aliphatic carbocycles. The third kappa shape index (κ3) is 2.26. The number of nitrogens with two attached hydrogens (primary N) is 1. The summed E-state index contributed by atoms with van der Waals surface area (Å²) in [6.07, 6.45) is 2.91. The van der Waals surface area contributed by atoms with Crippen molar-refractivity contribution < 1.29 is 0 Å². The van der Waals surface area contributed by atoms with Crippen LogP contribution < -0.4 is 11.1 Å². The summed E-state index contributed by atoms with van der Waals surface area (Å²) in [6.45, 7) is 4.48. The summed E-state index contributed by atoms with van der Waals surface area (Å²) < 4.78 is 0. The molecule has 0 spiro atoms. The molecule has 1 aromatic rings. The first-order chi connectivity index (χ1) is 6.99. The van der Waals surface area contributed by atoms with Gasteiger partial charge >= 0.3 is 0 Å². The van der Waals surface area contributed by atoms with E-state index < -0.39 is 0 Å². The van der Waals surface area contributed by atoms with Gasteiger partial charge in [-0.05, 0) is 24.0 Å². The van der Waals surface area contributed by atoms with Crippen LogP contribution in [0.15, 0.2) is 18.3 Å². The van der Waals surface area contributed by atoms with Crippen molar-refractivity contribution in [1.82, 2.24) is 4.98 Å². The topological polar surface area (TPSA) is 50.9 Å². The van der Waals surface area contributed by atoms with Crippen LogP contribution in [0.3, 0.4) is 0 Å². The van der Waals surface area contributed by atoms with Crippen LogP contribution in [0.4, 0.5) is 5.82 Å². The highest BCUT2D eigenvalue weighted by Crippen LogP contribution is 2.46. The molecule has 3 nitrogen and oxygen atoms in total. The maximum absolute atomic E-state index is 5.56. The van der Waals surface area contributed by atoms with E-state index in [-0.39, 0.29) is 0 Å². The Balaban J connectivity index is 2.09. The van der Waals surface area contributed by atoms with Gasteiger partial charge in [0.05, 0.1) is 0 Å². The summed E-state index contributed by atoms with van der Waals surface area (Å²) in [7, 11) is 0. The van der Waals surface area contributed by atoms with Crippen LogP contribution in [0, 0.1) is 5.41 Å². The fourth-order valence-corrected chi connectivity index (χ4v) is 1.68. The van der Waals surface area contributed by atoms with E-state index in [0.29, 0.717) is 16.4 Å². The molecule has 1 fully saturated rings. The second-order valence-corrected chi connectivity index (χ2v) is 5.12. The highest BCUT2D eigenvalue weighted by Gasteiger charge is 2.45. The van der Waals surface area contributed by atoms with Gasteiger partial charge in [0.2, 0.25) is 0 Å². The molecule has 0 aliphatic heterocycles. The number of nitrogens with zero attached hydrogens (tertiary/aromatic N) is 1. The second kappa shape index (κ2) is 3.45. The molecule has 0 saturated heterocycles. The monoisotopic (exact) mass is 221 g/mol. The number of anilines is 1. The molecule has 1 atom stereocenters. The van der Waals surface area contributed by atoms with Gasteiger partial charge in [0.15, 0.2) is 0 Å². The zero-order chi connectivity index (χ0) is 11.1. The van der Waals surface area contributed by atoms with E-state index in [0.717, 1.165) is 11.4 Å². The zero-order valence-corrected chi connectivity index (χ0v) is 9.77. The minimum atomic E-state index is 0.390. The average Bonchev–Trinajstić information content (AvgIpc) is 2.74. The molecule has 1 heterocycles. The first-order valence-corrected chi connectivity index (χ1v) is 5.42. The van der Waals surface area contributed by atoms with E-state index in [1.807, 2.05) is 12.1 Å². The normalized spacial score (nSPS) is 22.1. The summed E-state index contributed by atoms with van der Waals surface area (Å²) in [5.74, 6) is 0.857. The van der Waals surface area contributed by atoms with Gasteiger partial charge in [-0.1, -0.05) is 26.1 Å². The largest absolute Gasteiger partial charge is 0.389 e. The third-order valence-electron chi connectivity index (χ3n) is 2.88. The van der Waals surface area contributed by atoms with Gasteiger partial charge in [0, 0.05) is 17.8 Å². The molecule has 0 amide bonds. The Morgan fingerprint density at radius 3 is 2.87 bits per heavy atom. The van der Waals surface area contributed by atoms with Gasteiger partial charge in [0.1, 0.15) is 10.8 Å². The third-order valence-corrected chi connectivity index (χ3v) is 3.12. The number of hydrogen-bond acceptors (Lipinski definition) is 3. The Bertz CT molecular complexity index is 401. The first-order valence-electron chi connectivity index (χ1n) is 5.01. The van der Waals surface area contributed by atoms with E-state index >= 15 is 0 Å². The molecule has 80 valence electrons. The molecule has 1 unspecified atom stereocenters. The number of rotatable bonds is 3. The molecule has 0 aromatic carbocycles. The molecule has 15 heavy (non-hydrogen) atoms. The predicted molar refractivity (Wildman–Crippen MR) is 65.9 cm³/mol. The summed E-state index contributed by atoms with van der Waals surface area (Å²) >= 11 is 4.92. The predicted octanol–water partition coefficient (Wildman–Crippen LogP) is 1.93. The van der Waals surface area contributed by atoms with Gasteiger partial charge in [-0.2, -0.15) is 0 Å². The fraction of sp³-hybridized carbons (Fsp3) is 0.455. The molecular weight excluding hydrogens is 206 g/mol. The molecule has 4 heteroatoms. The van der Waals surface area contributed by atoms with Crippen molar-refractivity contribution in [2.24, 2.45) is 11.1 Å². The number of thiocarbonyl (C=S) groups is 1. The van der Waals surface area contributed by atoms with Crippen molar-refractivity contribution in [3.63, 3.8) is 0 Å². The van der Waals surface area contributed by atoms with Crippen LogP contribution in [-0.4, -0.2) is 16.0 Å². The number of pyridine rings is 1. The lowest BCUT2D eigenvalue weighted by atomic mass is 10.2. The van der Waals surface area contributed by atoms with Crippen molar-refractivity contribution in [3.8, 4) is 0 Å². The first kappa shape index (κ1) is 10.4. The lowest BCUT2D eigenvalue weighted by Gasteiger charge is -2.08. The van der Waals surface area contributed by atoms with E-state index in [2.05, 4.69) is 24.1 Å². The molecule has 1 saturated carbocycles. The highest BCUT2D eigenvalue weighted by molar-refractivity contribution is 7.80. The van der Waals surface area contributed by atoms with Crippen LogP contribution in [0.5, 0.6) is 0 Å². The van der Waals surface area contributed by atoms with Gasteiger partial charge in [-0.3, -0.25) is 0 Å². The Hall–Kier alpha value is -1.16. The molecule has 0 radical (unpaired) electrons. The van der Waals surface area contributed by atoms with Crippen molar-refractivity contribution in [1.29, 1.82) is 0 Å². The van der Waals surface area contributed by atoms with Crippen LogP contribution in [0.1, 0.15) is 25.8 Å². The lowest BCUT2D eigenvalue weighted by Crippen LogP contribution is -2.13. The van der Waals surface area contributed by atoms with Gasteiger partial charge < -0.3 is 11.1 Å². The average molecular weight is 221 g/mol. The molecule has 0 bridgehead atoms. The number of hydrogen-bond donors (Lipinski definition) is 2. The van der Waals surface area contributed by atoms with Crippen LogP contribution in [-0.2, 0) is 0 Å². The summed E-state index contributed by atoms with van der Waals surface area (Å²) in [4.78, 5) is 4.65. The van der Waals surface area contributed by atoms with E-state index in [1.54, 1.807) is 6.20 Å². The van der Waals surface area contributed by atoms with Gasteiger partial charge in [0.25, 0.3) is 0 Å². The Kier molecular flexibility index (Phi) is 2.38. The molecule has 2 rings (SSSR count). The lowest BCUT2D eigenvalue weighted by molar-refractivity contribution is 0.630. The standard InChI is InChI=1S/C11H15N3S/c1-11(2)6-8(11)14-9-5-7(10(12)15)3-4-13-9/h3-5,8H,6H2,1-2H3,(H2,12,15)(H,13,14). The van der Waals surface area contributed by atoms with Gasteiger partial charge in [-0.15, -0.1) is 0 Å². The SMILES string of the molecule is CC1(C)CC1Nc1cc(C(N)=S)ccn1. The van der Waals surface area contributed by atoms with Crippen molar-refractivity contribution >= 4 is 23.0 Å². The minimum absolute atomic E-state index is 0.390. The van der Waals surface area contributed by atoms with Crippen LogP contribution >= 0.6 is 12.2 Å². The Morgan fingerprint density at radius 1 is 1.67 bits per heavy atom. The number of aromatic nitrogens is 1. The molecular formula is C11H15N3S. The van der Waals surface area contributed by atoms with E-state index in [4.69, 9.17) is 18.0 Å². The maximum atomic E-state index is 5.56. The Labute approximate surface area is 95.1 Å². The van der Waals surface area contributed by atoms with Crippen molar-refractivity contribution in [3.05, 3.63) is 23.9 Å². The molecule has 1 aliphatic rings. The minimum Gasteiger partial charge on any atom is -0.389 e. The second-order valence-electron chi connectivity index (χ2n) is 4.68. The smallest absolute Gasteiger partial charge is 0.126 e. The van der Waals surface area contributed by atoms with Crippen LogP contribution in [0.25, 0.3) is 0 Å². The summed E-state index contributed by atoms with van der Waals surface area (Å²) in [6, 6.07) is 4.24. The summed E-state index contributed by atoms with van der Waals surface area (Å²) in [5, 5.41) is 3.38. The fourth-order valence-electron chi connectivity index (χ4n) is 1.55. The van der Waals surface area contributed by atoms with Crippen molar-refractivity contribution in [2.45, 2.75) is 26.3 Å². The quantitative estimate of drug-likeness (QED) is 0.766. The van der Waals surface area contributed by atoms with E-state index in [1.165, 1.54) is 6.42 Å². The van der Waals surface area contributed by atoms with E-state index in [9.17, 15) is 0 Å². The zero-order valence-electron chi connectivity index (χ0n) is 8.95. The Morgan fingerprint density at radius 2 is 2.33 bits per heavy atom. The van der Waals surface area contributed by atoms with Crippen LogP contribution in [0.2, 0.25) is 0 Å². The van der Waals surface area contributed by atoms with Gasteiger partial charge in [-0.25, -0.2) is 4.98 Å². The highest BCUT2D eigenvalue weighted by atomic mass is 32.1. The van der Waals surface area contributed by atoms with Crippen molar-refractivity contribution in [2.75, 3.05) is 5.32 Å². The summed E-state index contributed by atoms with van der Waals surface area (Å²) in [5.41, 5.74) is 6.81.